The van der Waals surface area contributed by atoms with Crippen molar-refractivity contribution in [1.82, 2.24) is 0 Å². The van der Waals surface area contributed by atoms with Crippen LogP contribution < -0.4 is 0 Å². The molecule has 0 unspecified atom stereocenters. The molecule has 0 amide bonds. The lowest BCUT2D eigenvalue weighted by molar-refractivity contribution is -0.140. The van der Waals surface area contributed by atoms with Crippen molar-refractivity contribution < 1.29 is 15.0 Å². The van der Waals surface area contributed by atoms with Gasteiger partial charge in [-0.25, -0.2) is 0 Å². The summed E-state index contributed by atoms with van der Waals surface area (Å²) < 4.78 is 0. The van der Waals surface area contributed by atoms with Crippen molar-refractivity contribution in [2.45, 2.75) is 39.7 Å². The van der Waals surface area contributed by atoms with Crippen molar-refractivity contribution >= 4 is 5.97 Å². The highest BCUT2D eigenvalue weighted by Gasteiger charge is 2.12. The lowest BCUT2D eigenvalue weighted by atomic mass is 9.99. The number of aliphatic hydroxyl groups is 1. The van der Waals surface area contributed by atoms with Crippen LogP contribution in [0.1, 0.15) is 33.3 Å². The van der Waals surface area contributed by atoms with Crippen molar-refractivity contribution in [3.05, 3.63) is 35.9 Å². The fourth-order valence-corrected chi connectivity index (χ4v) is 1.10. The zero-order valence-corrected chi connectivity index (χ0v) is 11.0. The first-order valence-electron chi connectivity index (χ1n) is 5.71. The van der Waals surface area contributed by atoms with E-state index in [2.05, 4.69) is 0 Å². The molecular weight excluding hydrogens is 216 g/mol. The monoisotopic (exact) mass is 238 g/mol. The Kier molecular flexibility index (Phi) is 6.51. The van der Waals surface area contributed by atoms with E-state index in [0.717, 1.165) is 0 Å². The normalized spacial score (nSPS) is 10.7. The van der Waals surface area contributed by atoms with Crippen LogP contribution in [0.15, 0.2) is 30.3 Å². The zero-order valence-electron chi connectivity index (χ0n) is 11.0. The molecule has 96 valence electrons. The fourth-order valence-electron chi connectivity index (χ4n) is 1.10. The highest BCUT2D eigenvalue weighted by molar-refractivity contribution is 5.68. The van der Waals surface area contributed by atoms with E-state index in [1.54, 1.807) is 13.8 Å². The van der Waals surface area contributed by atoms with Gasteiger partial charge in [-0.15, -0.1) is 0 Å². The third kappa shape index (κ3) is 9.57. The maximum atomic E-state index is 9.70. The Morgan fingerprint density at radius 1 is 1.24 bits per heavy atom. The Morgan fingerprint density at radius 3 is 1.94 bits per heavy atom. The van der Waals surface area contributed by atoms with E-state index in [0.29, 0.717) is 6.42 Å². The summed E-state index contributed by atoms with van der Waals surface area (Å²) in [7, 11) is 0. The molecule has 0 fully saturated rings. The van der Waals surface area contributed by atoms with E-state index in [4.69, 9.17) is 5.11 Å². The van der Waals surface area contributed by atoms with E-state index in [1.807, 2.05) is 44.2 Å². The molecule has 0 aromatic heterocycles. The molecule has 2 N–H and O–H groups in total. The van der Waals surface area contributed by atoms with E-state index < -0.39 is 11.6 Å². The van der Waals surface area contributed by atoms with Gasteiger partial charge >= 0.3 is 5.97 Å². The summed E-state index contributed by atoms with van der Waals surface area (Å²) in [6.07, 6.45) is 0.716. The largest absolute Gasteiger partial charge is 0.481 e. The van der Waals surface area contributed by atoms with Crippen molar-refractivity contribution in [2.75, 3.05) is 0 Å². The summed E-state index contributed by atoms with van der Waals surface area (Å²) in [5.41, 5.74) is 0.585. The lowest BCUT2D eigenvalue weighted by Crippen LogP contribution is -2.21. The van der Waals surface area contributed by atoms with Crippen LogP contribution >= 0.6 is 0 Å². The summed E-state index contributed by atoms with van der Waals surface area (Å²) >= 11 is 0. The van der Waals surface area contributed by atoms with Gasteiger partial charge in [0.15, 0.2) is 0 Å². The molecule has 0 saturated carbocycles. The number of carboxylic acids is 1. The number of carbonyl (C=O) groups is 1. The summed E-state index contributed by atoms with van der Waals surface area (Å²) in [5, 5.41) is 17.5. The molecule has 0 heterocycles. The summed E-state index contributed by atoms with van der Waals surface area (Å²) in [6.45, 7) is 6.92. The average Bonchev–Trinajstić information content (AvgIpc) is 2.17. The van der Waals surface area contributed by atoms with E-state index in [-0.39, 0.29) is 5.92 Å². The molecule has 0 aliphatic carbocycles. The number of hydrogen-bond donors (Lipinski definition) is 2. The summed E-state index contributed by atoms with van der Waals surface area (Å²) in [5.74, 6) is -0.972. The highest BCUT2D eigenvalue weighted by Crippen LogP contribution is 2.10. The Bertz CT molecular complexity index is 323. The lowest BCUT2D eigenvalue weighted by Gasteiger charge is -2.16. The standard InChI is InChI=1S/C10H14O.C4H8O2/c1-10(2,11)8-9-6-4-3-5-7-9;1-3(2)4(5)6/h3-7,11H,8H2,1-2H3;3H,1-2H3,(H,5,6). The predicted molar refractivity (Wildman–Crippen MR) is 68.9 cm³/mol. The third-order valence-corrected chi connectivity index (χ3v) is 1.97. The second-order valence-electron chi connectivity index (χ2n) is 4.97. The molecule has 3 nitrogen and oxygen atoms in total. The van der Waals surface area contributed by atoms with Crippen LogP contribution in [-0.2, 0) is 11.2 Å². The first-order chi connectivity index (χ1) is 7.72. The quantitative estimate of drug-likeness (QED) is 0.851. The fraction of sp³-hybridized carbons (Fsp3) is 0.500. The van der Waals surface area contributed by atoms with E-state index >= 15 is 0 Å². The topological polar surface area (TPSA) is 57.5 Å². The molecule has 0 aliphatic heterocycles. The first-order valence-corrected chi connectivity index (χ1v) is 5.71. The van der Waals surface area contributed by atoms with Crippen LogP contribution in [-0.4, -0.2) is 21.8 Å². The van der Waals surface area contributed by atoms with Crippen molar-refractivity contribution in [3.63, 3.8) is 0 Å². The van der Waals surface area contributed by atoms with Crippen molar-refractivity contribution in [2.24, 2.45) is 5.92 Å². The van der Waals surface area contributed by atoms with Gasteiger partial charge in [0, 0.05) is 6.42 Å². The molecule has 0 radical (unpaired) electrons. The Labute approximate surface area is 103 Å². The van der Waals surface area contributed by atoms with Crippen LogP contribution in [0.5, 0.6) is 0 Å². The number of aliphatic carboxylic acids is 1. The van der Waals surface area contributed by atoms with Crippen molar-refractivity contribution in [1.29, 1.82) is 0 Å². The Balaban J connectivity index is 0.000000366. The van der Waals surface area contributed by atoms with Gasteiger partial charge in [-0.05, 0) is 19.4 Å². The molecule has 0 saturated heterocycles. The molecule has 0 bridgehead atoms. The molecule has 1 rings (SSSR count). The van der Waals surface area contributed by atoms with E-state index in [1.165, 1.54) is 5.56 Å². The molecule has 0 atom stereocenters. The second-order valence-corrected chi connectivity index (χ2v) is 4.97. The highest BCUT2D eigenvalue weighted by atomic mass is 16.4. The van der Waals surface area contributed by atoms with Gasteiger partial charge in [-0.1, -0.05) is 44.2 Å². The molecule has 17 heavy (non-hydrogen) atoms. The van der Waals surface area contributed by atoms with Gasteiger partial charge in [0.2, 0.25) is 0 Å². The molecule has 0 spiro atoms. The molecular formula is C14H22O3. The predicted octanol–water partition coefficient (Wildman–Crippen LogP) is 2.73. The number of carboxylic acid groups (broad SMARTS) is 1. The van der Waals surface area contributed by atoms with E-state index in [9.17, 15) is 9.90 Å². The van der Waals surface area contributed by atoms with Crippen LogP contribution in [0.3, 0.4) is 0 Å². The smallest absolute Gasteiger partial charge is 0.305 e. The number of hydrogen-bond acceptors (Lipinski definition) is 2. The van der Waals surface area contributed by atoms with Gasteiger partial charge in [0.1, 0.15) is 0 Å². The Hall–Kier alpha value is -1.35. The number of benzene rings is 1. The average molecular weight is 238 g/mol. The van der Waals surface area contributed by atoms with Crippen LogP contribution in [0.25, 0.3) is 0 Å². The van der Waals surface area contributed by atoms with Crippen molar-refractivity contribution in [3.8, 4) is 0 Å². The minimum atomic E-state index is -0.741. The van der Waals surface area contributed by atoms with Crippen LogP contribution in [0.2, 0.25) is 0 Å². The third-order valence-electron chi connectivity index (χ3n) is 1.97. The molecule has 1 aromatic carbocycles. The zero-order chi connectivity index (χ0) is 13.5. The van der Waals surface area contributed by atoms with Gasteiger partial charge in [-0.3, -0.25) is 4.79 Å². The van der Waals surface area contributed by atoms with Gasteiger partial charge in [-0.2, -0.15) is 0 Å². The maximum absolute atomic E-state index is 9.70. The maximum Gasteiger partial charge on any atom is 0.305 e. The number of rotatable bonds is 3. The Morgan fingerprint density at radius 2 is 1.65 bits per heavy atom. The SMILES string of the molecule is CC(C)(O)Cc1ccccc1.CC(C)C(=O)O. The minimum Gasteiger partial charge on any atom is -0.481 e. The molecule has 3 heteroatoms. The molecule has 1 aromatic rings. The summed E-state index contributed by atoms with van der Waals surface area (Å²) in [4.78, 5) is 9.70. The second kappa shape index (κ2) is 7.07. The van der Waals surface area contributed by atoms with Gasteiger partial charge < -0.3 is 10.2 Å². The molecule has 0 aliphatic rings. The van der Waals surface area contributed by atoms with Crippen LogP contribution in [0.4, 0.5) is 0 Å². The summed E-state index contributed by atoms with van der Waals surface area (Å²) in [6, 6.07) is 10.0. The van der Waals surface area contributed by atoms with Gasteiger partial charge in [0.25, 0.3) is 0 Å². The minimum absolute atomic E-state index is 0.231. The van der Waals surface area contributed by atoms with Crippen LogP contribution in [0, 0.1) is 5.92 Å². The first kappa shape index (κ1) is 15.7. The van der Waals surface area contributed by atoms with Gasteiger partial charge in [0.05, 0.1) is 11.5 Å².